The van der Waals surface area contributed by atoms with Crippen molar-refractivity contribution in [3.05, 3.63) is 21.9 Å². The van der Waals surface area contributed by atoms with E-state index in [1.165, 1.54) is 35.4 Å². The van der Waals surface area contributed by atoms with Gasteiger partial charge in [-0.3, -0.25) is 10.1 Å². The molecule has 3 aliphatic rings. The van der Waals surface area contributed by atoms with Crippen molar-refractivity contribution in [2.75, 3.05) is 6.54 Å². The third-order valence-corrected chi connectivity index (χ3v) is 6.95. The van der Waals surface area contributed by atoms with Gasteiger partial charge in [0.1, 0.15) is 6.17 Å². The van der Waals surface area contributed by atoms with Crippen molar-refractivity contribution in [2.24, 2.45) is 17.8 Å². The maximum atomic E-state index is 12.4. The maximum absolute atomic E-state index is 12.4. The van der Waals surface area contributed by atoms with Gasteiger partial charge in [-0.05, 0) is 63.0 Å². The third-order valence-electron chi connectivity index (χ3n) is 5.89. The van der Waals surface area contributed by atoms with Crippen LogP contribution in [0.1, 0.15) is 48.5 Å². The van der Waals surface area contributed by atoms with E-state index in [-0.39, 0.29) is 12.1 Å². The lowest BCUT2D eigenvalue weighted by molar-refractivity contribution is -0.131. The molecule has 1 aromatic heterocycles. The molecule has 0 spiro atoms. The Morgan fingerprint density at radius 1 is 1.33 bits per heavy atom. The minimum absolute atomic E-state index is 0.102. The lowest BCUT2D eigenvalue weighted by Crippen LogP contribution is -2.43. The Morgan fingerprint density at radius 2 is 2.19 bits per heavy atom. The molecular weight excluding hydrogens is 280 g/mol. The van der Waals surface area contributed by atoms with Gasteiger partial charge in [0, 0.05) is 15.8 Å². The highest BCUT2D eigenvalue weighted by atomic mass is 32.1. The summed E-state index contributed by atoms with van der Waals surface area (Å²) >= 11 is 1.81. The molecule has 3 nitrogen and oxygen atoms in total. The fraction of sp³-hybridized carbons (Fsp3) is 0.706. The van der Waals surface area contributed by atoms with E-state index in [9.17, 15) is 4.79 Å². The van der Waals surface area contributed by atoms with Gasteiger partial charge >= 0.3 is 0 Å². The highest BCUT2D eigenvalue weighted by molar-refractivity contribution is 7.12. The van der Waals surface area contributed by atoms with Crippen molar-refractivity contribution >= 4 is 17.2 Å². The Labute approximate surface area is 130 Å². The van der Waals surface area contributed by atoms with Gasteiger partial charge < -0.3 is 4.90 Å². The summed E-state index contributed by atoms with van der Waals surface area (Å²) in [5.74, 6) is 2.80. The number of carbonyl (C=O) groups excluding carboxylic acids is 1. The van der Waals surface area contributed by atoms with Crippen molar-refractivity contribution in [1.29, 1.82) is 0 Å². The first-order valence-corrected chi connectivity index (χ1v) is 9.06. The first-order valence-electron chi connectivity index (χ1n) is 8.24. The molecule has 0 aromatic carbocycles. The molecule has 2 heterocycles. The normalized spacial score (nSPS) is 36.7. The van der Waals surface area contributed by atoms with Gasteiger partial charge in [-0.25, -0.2) is 0 Å². The highest BCUT2D eigenvalue weighted by Crippen LogP contribution is 2.51. The summed E-state index contributed by atoms with van der Waals surface area (Å²) in [6, 6.07) is 4.71. The lowest BCUT2D eigenvalue weighted by atomic mass is 9.83. The minimum Gasteiger partial charge on any atom is -0.318 e. The average Bonchev–Trinajstić information content (AvgIpc) is 3.21. The monoisotopic (exact) mass is 304 g/mol. The van der Waals surface area contributed by atoms with Crippen molar-refractivity contribution < 1.29 is 4.79 Å². The van der Waals surface area contributed by atoms with E-state index in [0.717, 1.165) is 17.8 Å². The van der Waals surface area contributed by atoms with E-state index in [0.29, 0.717) is 12.6 Å². The summed E-state index contributed by atoms with van der Waals surface area (Å²) in [6.45, 7) is 4.91. The van der Waals surface area contributed by atoms with E-state index in [1.807, 2.05) is 11.3 Å². The van der Waals surface area contributed by atoms with Crippen LogP contribution in [0.2, 0.25) is 0 Å². The summed E-state index contributed by atoms with van der Waals surface area (Å²) in [5.41, 5.74) is 0. The Hall–Kier alpha value is -0.870. The molecule has 1 N–H and O–H groups in total. The Bertz CT molecular complexity index is 555. The first kappa shape index (κ1) is 13.8. The lowest BCUT2D eigenvalue weighted by Gasteiger charge is -2.37. The zero-order chi connectivity index (χ0) is 14.6. The van der Waals surface area contributed by atoms with Crippen molar-refractivity contribution in [3.63, 3.8) is 0 Å². The summed E-state index contributed by atoms with van der Waals surface area (Å²) in [5, 5.41) is 3.42. The van der Waals surface area contributed by atoms with E-state index in [2.05, 4.69) is 36.2 Å². The largest absolute Gasteiger partial charge is 0.318 e. The second kappa shape index (κ2) is 5.10. The van der Waals surface area contributed by atoms with E-state index in [1.54, 1.807) is 0 Å². The predicted molar refractivity (Wildman–Crippen MR) is 85.0 cm³/mol. The second-order valence-electron chi connectivity index (χ2n) is 7.11. The molecule has 4 heteroatoms. The van der Waals surface area contributed by atoms with E-state index >= 15 is 0 Å². The summed E-state index contributed by atoms with van der Waals surface area (Å²) in [6.07, 6.45) is 5.66. The molecule has 21 heavy (non-hydrogen) atoms. The molecule has 5 unspecified atom stereocenters. The smallest absolute Gasteiger partial charge is 0.238 e. The van der Waals surface area contributed by atoms with E-state index < -0.39 is 0 Å². The number of hydrogen-bond acceptors (Lipinski definition) is 3. The van der Waals surface area contributed by atoms with Crippen LogP contribution in [0.5, 0.6) is 0 Å². The molecule has 1 saturated heterocycles. The standard InChI is InChI=1S/C17H24N2OS/c1-10-3-6-15(21-10)17-18-9-16(20)19(17)11(2)14-8-12-4-5-13(14)7-12/h3,6,11-14,17-18H,4-5,7-9H2,1-2H3. The molecule has 1 amide bonds. The number of amides is 1. The number of thiophene rings is 1. The van der Waals surface area contributed by atoms with Gasteiger partial charge in [0.2, 0.25) is 5.91 Å². The quantitative estimate of drug-likeness (QED) is 0.929. The fourth-order valence-electron chi connectivity index (χ4n) is 4.91. The molecule has 1 aromatic rings. The fourth-order valence-corrected chi connectivity index (χ4v) is 5.86. The van der Waals surface area contributed by atoms with Crippen molar-refractivity contribution in [1.82, 2.24) is 10.2 Å². The van der Waals surface area contributed by atoms with Gasteiger partial charge in [-0.2, -0.15) is 0 Å². The first-order chi connectivity index (χ1) is 10.1. The molecule has 0 radical (unpaired) electrons. The summed E-state index contributed by atoms with van der Waals surface area (Å²) in [4.78, 5) is 17.2. The zero-order valence-electron chi connectivity index (χ0n) is 12.8. The Balaban J connectivity index is 1.57. The molecule has 2 aliphatic carbocycles. The Kier molecular flexibility index (Phi) is 3.34. The van der Waals surface area contributed by atoms with Crippen LogP contribution in [0.25, 0.3) is 0 Å². The van der Waals surface area contributed by atoms with Gasteiger partial charge in [-0.1, -0.05) is 6.42 Å². The van der Waals surface area contributed by atoms with Crippen LogP contribution < -0.4 is 5.32 Å². The van der Waals surface area contributed by atoms with Gasteiger partial charge in [0.15, 0.2) is 0 Å². The van der Waals surface area contributed by atoms with Crippen LogP contribution in [0.3, 0.4) is 0 Å². The van der Waals surface area contributed by atoms with Gasteiger partial charge in [-0.15, -0.1) is 11.3 Å². The molecule has 2 saturated carbocycles. The van der Waals surface area contributed by atoms with Crippen LogP contribution >= 0.6 is 11.3 Å². The Morgan fingerprint density at radius 3 is 2.81 bits per heavy atom. The number of carbonyl (C=O) groups is 1. The molecule has 3 fully saturated rings. The molecule has 5 atom stereocenters. The van der Waals surface area contributed by atoms with Crippen LogP contribution in [0.15, 0.2) is 12.1 Å². The van der Waals surface area contributed by atoms with Crippen LogP contribution in [-0.4, -0.2) is 23.4 Å². The summed E-state index contributed by atoms with van der Waals surface area (Å²) in [7, 11) is 0. The number of hydrogen-bond donors (Lipinski definition) is 1. The van der Waals surface area contributed by atoms with E-state index in [4.69, 9.17) is 0 Å². The van der Waals surface area contributed by atoms with Crippen LogP contribution in [-0.2, 0) is 4.79 Å². The van der Waals surface area contributed by atoms with Crippen molar-refractivity contribution in [2.45, 2.75) is 51.7 Å². The molecular formula is C17H24N2OS. The van der Waals surface area contributed by atoms with Crippen molar-refractivity contribution in [3.8, 4) is 0 Å². The summed E-state index contributed by atoms with van der Waals surface area (Å²) < 4.78 is 0. The number of rotatable bonds is 3. The van der Waals surface area contributed by atoms with Gasteiger partial charge in [0.25, 0.3) is 0 Å². The molecule has 114 valence electrons. The maximum Gasteiger partial charge on any atom is 0.238 e. The highest BCUT2D eigenvalue weighted by Gasteiger charge is 2.46. The average molecular weight is 304 g/mol. The third kappa shape index (κ3) is 2.23. The SMILES string of the molecule is Cc1ccc(C2NCC(=O)N2C(C)C2CC3CCC2C3)s1. The minimum atomic E-state index is 0.102. The topological polar surface area (TPSA) is 32.3 Å². The van der Waals surface area contributed by atoms with Crippen LogP contribution in [0.4, 0.5) is 0 Å². The number of nitrogens with zero attached hydrogens (tertiary/aromatic N) is 1. The van der Waals surface area contributed by atoms with Crippen LogP contribution in [0, 0.1) is 24.7 Å². The molecule has 4 rings (SSSR count). The predicted octanol–water partition coefficient (Wildman–Crippen LogP) is 3.31. The zero-order valence-corrected chi connectivity index (χ0v) is 13.7. The second-order valence-corrected chi connectivity index (χ2v) is 8.43. The molecule has 2 bridgehead atoms. The van der Waals surface area contributed by atoms with Gasteiger partial charge in [0.05, 0.1) is 6.54 Å². The number of fused-ring (bicyclic) bond motifs is 2. The number of nitrogens with one attached hydrogen (secondary N) is 1. The molecule has 1 aliphatic heterocycles. The number of aryl methyl sites for hydroxylation is 1.